The third-order valence-corrected chi connectivity index (χ3v) is 3.75. The van der Waals surface area contributed by atoms with Gasteiger partial charge in [-0.25, -0.2) is 9.97 Å². The lowest BCUT2D eigenvalue weighted by atomic mass is 10.1. The Balaban J connectivity index is 2.35. The fraction of sp³-hybridized carbons (Fsp3) is 0.333. The summed E-state index contributed by atoms with van der Waals surface area (Å²) in [5, 5.41) is 3.74. The molecule has 0 saturated carbocycles. The molecule has 1 heterocycles. The SMILES string of the molecule is CNc1ncnc(N(C)C(C)c2ccc(Cl)cc2)c1OC. The molecule has 0 fully saturated rings. The van der Waals surface area contributed by atoms with Crippen molar-refractivity contribution in [1.82, 2.24) is 9.97 Å². The number of rotatable bonds is 5. The van der Waals surface area contributed by atoms with Crippen LogP contribution in [0.15, 0.2) is 30.6 Å². The maximum absolute atomic E-state index is 5.94. The minimum absolute atomic E-state index is 0.121. The second-order valence-electron chi connectivity index (χ2n) is 4.67. The predicted molar refractivity (Wildman–Crippen MR) is 86.4 cm³/mol. The lowest BCUT2D eigenvalue weighted by Crippen LogP contribution is -2.23. The van der Waals surface area contributed by atoms with Gasteiger partial charge in [-0.3, -0.25) is 0 Å². The molecule has 5 nitrogen and oxygen atoms in total. The molecule has 1 atom stereocenters. The van der Waals surface area contributed by atoms with E-state index < -0.39 is 0 Å². The van der Waals surface area contributed by atoms with Crippen LogP contribution in [0.4, 0.5) is 11.6 Å². The summed E-state index contributed by atoms with van der Waals surface area (Å²) in [6.07, 6.45) is 1.52. The number of ether oxygens (including phenoxy) is 1. The zero-order valence-electron chi connectivity index (χ0n) is 12.6. The van der Waals surface area contributed by atoms with Gasteiger partial charge in [-0.1, -0.05) is 23.7 Å². The number of benzene rings is 1. The number of anilines is 2. The third kappa shape index (κ3) is 3.19. The van der Waals surface area contributed by atoms with Gasteiger partial charge < -0.3 is 15.0 Å². The number of hydrogen-bond acceptors (Lipinski definition) is 5. The van der Waals surface area contributed by atoms with Gasteiger partial charge in [-0.05, 0) is 24.6 Å². The molecule has 0 bridgehead atoms. The van der Waals surface area contributed by atoms with Crippen molar-refractivity contribution in [3.63, 3.8) is 0 Å². The Hall–Kier alpha value is -2.01. The van der Waals surface area contributed by atoms with Gasteiger partial charge in [0.05, 0.1) is 13.2 Å². The Labute approximate surface area is 129 Å². The zero-order chi connectivity index (χ0) is 15.4. The van der Waals surface area contributed by atoms with Gasteiger partial charge in [0, 0.05) is 19.1 Å². The smallest absolute Gasteiger partial charge is 0.204 e. The summed E-state index contributed by atoms with van der Waals surface area (Å²) in [6, 6.07) is 7.91. The molecule has 0 radical (unpaired) electrons. The molecule has 1 aromatic heterocycles. The minimum atomic E-state index is 0.121. The van der Waals surface area contributed by atoms with Crippen LogP contribution >= 0.6 is 11.6 Å². The summed E-state index contributed by atoms with van der Waals surface area (Å²) in [4.78, 5) is 10.6. The maximum Gasteiger partial charge on any atom is 0.204 e. The first-order valence-electron chi connectivity index (χ1n) is 6.63. The summed E-state index contributed by atoms with van der Waals surface area (Å²) < 4.78 is 5.44. The van der Waals surface area contributed by atoms with Crippen LogP contribution in [-0.4, -0.2) is 31.2 Å². The number of hydrogen-bond donors (Lipinski definition) is 1. The van der Waals surface area contributed by atoms with E-state index in [1.807, 2.05) is 36.2 Å². The number of nitrogens with zero attached hydrogens (tertiary/aromatic N) is 3. The molecule has 112 valence electrons. The number of aromatic nitrogens is 2. The van der Waals surface area contributed by atoms with Gasteiger partial charge in [0.2, 0.25) is 5.75 Å². The summed E-state index contributed by atoms with van der Waals surface area (Å²) in [5.41, 5.74) is 1.15. The first kappa shape index (κ1) is 15.4. The van der Waals surface area contributed by atoms with Crippen molar-refractivity contribution in [1.29, 1.82) is 0 Å². The van der Waals surface area contributed by atoms with E-state index in [1.165, 1.54) is 6.33 Å². The fourth-order valence-corrected chi connectivity index (χ4v) is 2.26. The van der Waals surface area contributed by atoms with Crippen LogP contribution in [0.3, 0.4) is 0 Å². The van der Waals surface area contributed by atoms with Crippen LogP contribution in [-0.2, 0) is 0 Å². The fourth-order valence-electron chi connectivity index (χ4n) is 2.13. The van der Waals surface area contributed by atoms with Crippen molar-refractivity contribution in [3.05, 3.63) is 41.2 Å². The van der Waals surface area contributed by atoms with Crippen molar-refractivity contribution >= 4 is 23.2 Å². The Morgan fingerprint density at radius 1 is 1.24 bits per heavy atom. The van der Waals surface area contributed by atoms with Gasteiger partial charge in [-0.2, -0.15) is 0 Å². The van der Waals surface area contributed by atoms with Crippen LogP contribution < -0.4 is 15.0 Å². The normalized spacial score (nSPS) is 11.9. The van der Waals surface area contributed by atoms with Crippen LogP contribution in [0, 0.1) is 0 Å². The van der Waals surface area contributed by atoms with Crippen molar-refractivity contribution in [3.8, 4) is 5.75 Å². The van der Waals surface area contributed by atoms with E-state index in [0.29, 0.717) is 11.6 Å². The topological polar surface area (TPSA) is 50.3 Å². The molecule has 0 spiro atoms. The van der Waals surface area contributed by atoms with Gasteiger partial charge in [0.25, 0.3) is 0 Å². The van der Waals surface area contributed by atoms with E-state index >= 15 is 0 Å². The van der Waals surface area contributed by atoms with Crippen LogP contribution in [0.2, 0.25) is 5.02 Å². The molecule has 0 saturated heterocycles. The standard InChI is InChI=1S/C15H19ClN4O/c1-10(11-5-7-12(16)8-6-11)20(3)15-13(21-4)14(17-2)18-9-19-15/h5-10H,1-4H3,(H,17,18,19). The van der Waals surface area contributed by atoms with E-state index in [0.717, 1.165) is 16.4 Å². The Morgan fingerprint density at radius 2 is 1.90 bits per heavy atom. The summed E-state index contributed by atoms with van der Waals surface area (Å²) in [7, 11) is 5.39. The highest BCUT2D eigenvalue weighted by atomic mass is 35.5. The highest BCUT2D eigenvalue weighted by Crippen LogP contribution is 2.35. The van der Waals surface area contributed by atoms with Crippen molar-refractivity contribution in [2.24, 2.45) is 0 Å². The first-order chi connectivity index (χ1) is 10.1. The molecule has 1 N–H and O–H groups in total. The molecular weight excluding hydrogens is 288 g/mol. The first-order valence-corrected chi connectivity index (χ1v) is 7.01. The molecule has 1 aromatic carbocycles. The molecule has 0 aliphatic rings. The number of nitrogens with one attached hydrogen (secondary N) is 1. The summed E-state index contributed by atoms with van der Waals surface area (Å²) in [6.45, 7) is 2.10. The Kier molecular flexibility index (Phi) is 4.85. The Bertz CT molecular complexity index is 603. The number of halogens is 1. The molecule has 21 heavy (non-hydrogen) atoms. The maximum atomic E-state index is 5.94. The molecule has 1 unspecified atom stereocenters. The monoisotopic (exact) mass is 306 g/mol. The van der Waals surface area contributed by atoms with Crippen molar-refractivity contribution < 1.29 is 4.74 Å². The average molecular weight is 307 g/mol. The molecule has 6 heteroatoms. The number of methoxy groups -OCH3 is 1. The highest BCUT2D eigenvalue weighted by Gasteiger charge is 2.20. The van der Waals surface area contributed by atoms with Gasteiger partial charge in [-0.15, -0.1) is 0 Å². The van der Waals surface area contributed by atoms with Crippen LogP contribution in [0.5, 0.6) is 5.75 Å². The predicted octanol–water partition coefficient (Wildman–Crippen LogP) is 3.38. The lowest BCUT2D eigenvalue weighted by Gasteiger charge is -2.28. The van der Waals surface area contributed by atoms with Crippen molar-refractivity contribution in [2.75, 3.05) is 31.4 Å². The molecule has 2 rings (SSSR count). The molecule has 2 aromatic rings. The molecule has 0 aliphatic carbocycles. The summed E-state index contributed by atoms with van der Waals surface area (Å²) >= 11 is 5.94. The van der Waals surface area contributed by atoms with Gasteiger partial charge in [0.15, 0.2) is 11.6 Å². The second-order valence-corrected chi connectivity index (χ2v) is 5.10. The second kappa shape index (κ2) is 6.63. The summed E-state index contributed by atoms with van der Waals surface area (Å²) in [5.74, 6) is 2.03. The largest absolute Gasteiger partial charge is 0.490 e. The quantitative estimate of drug-likeness (QED) is 0.917. The minimum Gasteiger partial charge on any atom is -0.490 e. The average Bonchev–Trinajstić information content (AvgIpc) is 2.53. The lowest BCUT2D eigenvalue weighted by molar-refractivity contribution is 0.412. The molecule has 0 amide bonds. The zero-order valence-corrected chi connectivity index (χ0v) is 13.3. The van der Waals surface area contributed by atoms with Gasteiger partial charge in [0.1, 0.15) is 6.33 Å². The van der Waals surface area contributed by atoms with E-state index in [-0.39, 0.29) is 6.04 Å². The highest BCUT2D eigenvalue weighted by molar-refractivity contribution is 6.30. The van der Waals surface area contributed by atoms with Crippen LogP contribution in [0.1, 0.15) is 18.5 Å². The van der Waals surface area contributed by atoms with Gasteiger partial charge >= 0.3 is 0 Å². The van der Waals surface area contributed by atoms with E-state index in [2.05, 4.69) is 22.2 Å². The Morgan fingerprint density at radius 3 is 2.48 bits per heavy atom. The van der Waals surface area contributed by atoms with E-state index in [4.69, 9.17) is 16.3 Å². The molecular formula is C15H19ClN4O. The van der Waals surface area contributed by atoms with Crippen LogP contribution in [0.25, 0.3) is 0 Å². The van der Waals surface area contributed by atoms with Crippen molar-refractivity contribution in [2.45, 2.75) is 13.0 Å². The molecule has 0 aliphatic heterocycles. The van der Waals surface area contributed by atoms with E-state index in [1.54, 1.807) is 14.2 Å². The van der Waals surface area contributed by atoms with E-state index in [9.17, 15) is 0 Å². The third-order valence-electron chi connectivity index (χ3n) is 3.49.